The highest BCUT2D eigenvalue weighted by molar-refractivity contribution is 6.16. The molecule has 3 heterocycles. The van der Waals surface area contributed by atoms with Gasteiger partial charge in [0.05, 0.1) is 22.2 Å². The monoisotopic (exact) mass is 793 g/mol. The lowest BCUT2D eigenvalue weighted by atomic mass is 9.99. The smallest absolute Gasteiger partial charge is 0.164 e. The first-order valence-corrected chi connectivity index (χ1v) is 21.3. The summed E-state index contributed by atoms with van der Waals surface area (Å²) in [4.78, 5) is 15.3. The van der Waals surface area contributed by atoms with Crippen molar-refractivity contribution in [2.75, 3.05) is 0 Å². The van der Waals surface area contributed by atoms with Crippen LogP contribution in [0.4, 0.5) is 0 Å². The molecule has 0 radical (unpaired) electrons. The lowest BCUT2D eigenvalue weighted by Gasteiger charge is -2.19. The van der Waals surface area contributed by atoms with E-state index in [1.807, 2.05) is 36.4 Å². The van der Waals surface area contributed by atoms with Gasteiger partial charge in [0.2, 0.25) is 0 Å². The van der Waals surface area contributed by atoms with Crippen molar-refractivity contribution >= 4 is 38.8 Å². The molecule has 0 fully saturated rings. The lowest BCUT2D eigenvalue weighted by molar-refractivity contribution is 0.889. The third-order valence-electron chi connectivity index (χ3n) is 12.2. The number of benzene rings is 8. The van der Waals surface area contributed by atoms with Gasteiger partial charge in [0, 0.05) is 55.4 Å². The quantitative estimate of drug-likeness (QED) is 0.161. The number of para-hydroxylation sites is 1. The van der Waals surface area contributed by atoms with Gasteiger partial charge < -0.3 is 9.13 Å². The average Bonchev–Trinajstić information content (AvgIpc) is 3.87. The molecule has 0 atom stereocenters. The van der Waals surface area contributed by atoms with Crippen molar-refractivity contribution in [3.8, 4) is 67.8 Å². The lowest BCUT2D eigenvalue weighted by Crippen LogP contribution is -2.06. The number of hydrogen-bond acceptors (Lipinski definition) is 3. The Morgan fingerprint density at radius 1 is 0.387 bits per heavy atom. The zero-order chi connectivity index (χ0) is 41.0. The first-order chi connectivity index (χ1) is 30.8. The van der Waals surface area contributed by atoms with Gasteiger partial charge in [-0.1, -0.05) is 182 Å². The van der Waals surface area contributed by atoms with Crippen LogP contribution in [0.2, 0.25) is 0 Å². The van der Waals surface area contributed by atoms with E-state index in [0.717, 1.165) is 57.6 Å². The first kappa shape index (κ1) is 35.8. The van der Waals surface area contributed by atoms with Gasteiger partial charge in [0.25, 0.3) is 0 Å². The molecule has 0 saturated carbocycles. The fourth-order valence-electron chi connectivity index (χ4n) is 9.43. The highest BCUT2D eigenvalue weighted by Crippen LogP contribution is 2.42. The number of fused-ring (bicyclic) bond motifs is 6. The minimum Gasteiger partial charge on any atom is -0.312 e. The van der Waals surface area contributed by atoms with Crippen LogP contribution < -0.4 is 0 Å². The second-order valence-corrected chi connectivity index (χ2v) is 15.9. The van der Waals surface area contributed by atoms with Crippen LogP contribution in [-0.4, -0.2) is 24.1 Å². The van der Waals surface area contributed by atoms with Crippen LogP contribution in [0.5, 0.6) is 0 Å². The largest absolute Gasteiger partial charge is 0.312 e. The molecule has 1 aliphatic rings. The normalized spacial score (nSPS) is 12.3. The second kappa shape index (κ2) is 14.8. The van der Waals surface area contributed by atoms with Gasteiger partial charge in [-0.15, -0.1) is 0 Å². The second-order valence-electron chi connectivity index (χ2n) is 15.9. The molecule has 3 aromatic heterocycles. The average molecular weight is 794 g/mol. The molecule has 8 aromatic carbocycles. The Hall–Kier alpha value is -8.15. The van der Waals surface area contributed by atoms with E-state index in [1.54, 1.807) is 0 Å². The summed E-state index contributed by atoms with van der Waals surface area (Å²) in [6.07, 6.45) is 6.53. The molecule has 0 spiro atoms. The van der Waals surface area contributed by atoms with Gasteiger partial charge in [-0.3, -0.25) is 0 Å². The molecule has 0 unspecified atom stereocenters. The molecule has 0 amide bonds. The molecule has 12 rings (SSSR count). The van der Waals surface area contributed by atoms with Crippen molar-refractivity contribution < 1.29 is 0 Å². The Labute approximate surface area is 359 Å². The first-order valence-electron chi connectivity index (χ1n) is 21.3. The zero-order valence-corrected chi connectivity index (χ0v) is 33.9. The molecular formula is C57H39N5. The van der Waals surface area contributed by atoms with E-state index in [4.69, 9.17) is 15.0 Å². The van der Waals surface area contributed by atoms with Crippen molar-refractivity contribution in [1.82, 2.24) is 24.1 Å². The van der Waals surface area contributed by atoms with Crippen molar-refractivity contribution in [2.24, 2.45) is 0 Å². The SMILES string of the molecule is C1=Cc2c(n(-c3cc(-c4nc(-c5ccccc5)nc(-c5ccccc5)n4)ccc3-c3ccccc3)c3cc(-n4c5ccccc5c5c(-c6ccccc6)cccc54)ccc23)CC1. The van der Waals surface area contributed by atoms with E-state index in [0.29, 0.717) is 17.5 Å². The van der Waals surface area contributed by atoms with Crippen molar-refractivity contribution in [2.45, 2.75) is 12.8 Å². The van der Waals surface area contributed by atoms with Gasteiger partial charge in [-0.25, -0.2) is 15.0 Å². The Bertz CT molecular complexity index is 3440. The summed E-state index contributed by atoms with van der Waals surface area (Å²) >= 11 is 0. The van der Waals surface area contributed by atoms with Crippen LogP contribution in [0.3, 0.4) is 0 Å². The molecular weight excluding hydrogens is 755 g/mol. The molecule has 0 aliphatic heterocycles. The molecule has 5 heteroatoms. The van der Waals surface area contributed by atoms with Gasteiger partial charge in [-0.2, -0.15) is 0 Å². The maximum atomic E-state index is 5.16. The van der Waals surface area contributed by atoms with Crippen molar-refractivity contribution in [3.63, 3.8) is 0 Å². The molecule has 0 bridgehead atoms. The topological polar surface area (TPSA) is 48.5 Å². The van der Waals surface area contributed by atoms with Gasteiger partial charge >= 0.3 is 0 Å². The van der Waals surface area contributed by atoms with E-state index >= 15 is 0 Å². The minimum absolute atomic E-state index is 0.629. The number of allylic oxidation sites excluding steroid dienone is 1. The fourth-order valence-corrected chi connectivity index (χ4v) is 9.43. The maximum Gasteiger partial charge on any atom is 0.164 e. The Kier molecular flexibility index (Phi) is 8.56. The Morgan fingerprint density at radius 2 is 0.968 bits per heavy atom. The van der Waals surface area contributed by atoms with E-state index in [9.17, 15) is 0 Å². The van der Waals surface area contributed by atoms with Crippen LogP contribution in [0.1, 0.15) is 17.7 Å². The number of nitrogens with zero attached hydrogens (tertiary/aromatic N) is 5. The van der Waals surface area contributed by atoms with Gasteiger partial charge in [-0.05, 0) is 59.9 Å². The molecule has 292 valence electrons. The molecule has 1 aliphatic carbocycles. The summed E-state index contributed by atoms with van der Waals surface area (Å²) in [7, 11) is 0. The van der Waals surface area contributed by atoms with E-state index < -0.39 is 0 Å². The Balaban J connectivity index is 1.12. The van der Waals surface area contributed by atoms with Gasteiger partial charge in [0.1, 0.15) is 0 Å². The minimum atomic E-state index is 0.629. The summed E-state index contributed by atoms with van der Waals surface area (Å²) < 4.78 is 4.96. The summed E-state index contributed by atoms with van der Waals surface area (Å²) in [5, 5.41) is 3.72. The Morgan fingerprint density at radius 3 is 1.65 bits per heavy atom. The highest BCUT2D eigenvalue weighted by Gasteiger charge is 2.24. The summed E-state index contributed by atoms with van der Waals surface area (Å²) in [5.74, 6) is 1.91. The number of rotatable bonds is 7. The molecule has 11 aromatic rings. The molecule has 5 nitrogen and oxygen atoms in total. The molecule has 0 saturated heterocycles. The number of hydrogen-bond donors (Lipinski definition) is 0. The van der Waals surface area contributed by atoms with Crippen LogP contribution in [-0.2, 0) is 6.42 Å². The van der Waals surface area contributed by atoms with Gasteiger partial charge in [0.15, 0.2) is 17.5 Å². The van der Waals surface area contributed by atoms with Crippen LogP contribution >= 0.6 is 0 Å². The molecule has 0 N–H and O–H groups in total. The van der Waals surface area contributed by atoms with Crippen LogP contribution in [0, 0.1) is 0 Å². The van der Waals surface area contributed by atoms with Crippen molar-refractivity contribution in [1.29, 1.82) is 0 Å². The van der Waals surface area contributed by atoms with Crippen LogP contribution in [0.25, 0.3) is 107 Å². The zero-order valence-electron chi connectivity index (χ0n) is 33.9. The summed E-state index contributed by atoms with van der Waals surface area (Å²) in [6.45, 7) is 0. The fraction of sp³-hybridized carbons (Fsp3) is 0.0351. The third-order valence-corrected chi connectivity index (χ3v) is 12.2. The predicted molar refractivity (Wildman–Crippen MR) is 256 cm³/mol. The predicted octanol–water partition coefficient (Wildman–Crippen LogP) is 14.2. The maximum absolute atomic E-state index is 5.16. The van der Waals surface area contributed by atoms with E-state index in [1.165, 1.54) is 49.6 Å². The summed E-state index contributed by atoms with van der Waals surface area (Å²) in [6, 6.07) is 71.1. The van der Waals surface area contributed by atoms with E-state index in [2.05, 4.69) is 185 Å². The van der Waals surface area contributed by atoms with Crippen molar-refractivity contribution in [3.05, 3.63) is 218 Å². The highest BCUT2D eigenvalue weighted by atomic mass is 15.0. The standard InChI is InChI=1S/C57H39N5/c1-5-18-38(19-6-1)44-34-32-42(57-59-55(40-22-9-3-10-23-40)58-56(60-57)41-24-11-4-12-25-41)36-52(44)62-49-29-15-13-26-46(49)47-35-33-43(37-53(47)62)61-50-30-16-14-27-48(50)54-45(28-17-31-51(54)61)39-20-7-2-8-21-39/h1-14,16-28,30-37H,15,29H2. The summed E-state index contributed by atoms with van der Waals surface area (Å²) in [5.41, 5.74) is 15.8. The van der Waals surface area contributed by atoms with E-state index in [-0.39, 0.29) is 0 Å². The van der Waals surface area contributed by atoms with Crippen LogP contribution in [0.15, 0.2) is 206 Å². The molecule has 62 heavy (non-hydrogen) atoms. The third kappa shape index (κ3) is 5.97. The number of aromatic nitrogens is 5.